The third-order valence-electron chi connectivity index (χ3n) is 13.1. The van der Waals surface area contributed by atoms with Crippen LogP contribution in [0.1, 0.15) is 146 Å². The van der Waals surface area contributed by atoms with E-state index in [4.69, 9.17) is 11.5 Å². The van der Waals surface area contributed by atoms with Crippen LogP contribution in [0.25, 0.3) is 0 Å². The zero-order valence-electron chi connectivity index (χ0n) is 45.9. The predicted molar refractivity (Wildman–Crippen MR) is 280 cm³/mol. The van der Waals surface area contributed by atoms with E-state index < -0.39 is 120 Å². The first-order valence-electron chi connectivity index (χ1n) is 26.5. The second-order valence-electron chi connectivity index (χ2n) is 19.7. The van der Waals surface area contributed by atoms with Gasteiger partial charge in [0.1, 0.15) is 42.3 Å². The molecule has 1 aliphatic rings. The summed E-state index contributed by atoms with van der Waals surface area (Å²) in [6.07, 6.45) is 4.05. The summed E-state index contributed by atoms with van der Waals surface area (Å²) >= 11 is 0. The minimum absolute atomic E-state index is 0.0857. The van der Waals surface area contributed by atoms with Gasteiger partial charge in [-0.1, -0.05) is 87.5 Å². The lowest BCUT2D eigenvalue weighted by atomic mass is 9.95. The highest BCUT2D eigenvalue weighted by atomic mass is 16.3. The lowest BCUT2D eigenvalue weighted by Gasteiger charge is -2.32. The van der Waals surface area contributed by atoms with Crippen LogP contribution in [0.4, 0.5) is 0 Å². The second kappa shape index (κ2) is 34.4. The van der Waals surface area contributed by atoms with Crippen LogP contribution in [-0.2, 0) is 47.9 Å². The molecule has 0 unspecified atom stereocenters. The Labute approximate surface area is 438 Å². The van der Waals surface area contributed by atoms with E-state index in [0.29, 0.717) is 64.5 Å². The summed E-state index contributed by atoms with van der Waals surface area (Å²) in [7, 11) is 1.50. The fraction of sp³-hybridized carbons (Fsp3) is 0.780. The number of likely N-dealkylation sites (N-methyl/N-ethyl adjacent to an activating group) is 2. The fourth-order valence-corrected chi connectivity index (χ4v) is 8.20. The topological polar surface area (TPSA) is 358 Å². The first-order chi connectivity index (χ1) is 34.9. The summed E-state index contributed by atoms with van der Waals surface area (Å²) in [5.41, 5.74) is 11.0. The van der Waals surface area contributed by atoms with Gasteiger partial charge < -0.3 is 68.9 Å². The minimum atomic E-state index is -1.62. The van der Waals surface area contributed by atoms with E-state index in [1.54, 1.807) is 48.5 Å². The van der Waals surface area contributed by atoms with Crippen LogP contribution in [-0.4, -0.2) is 168 Å². The molecule has 0 aromatic rings. The number of nitrogens with zero attached hydrogens (tertiary/aromatic N) is 3. The van der Waals surface area contributed by atoms with Crippen molar-refractivity contribution < 1.29 is 53.1 Å². The molecule has 1 aliphatic heterocycles. The van der Waals surface area contributed by atoms with Gasteiger partial charge in [-0.25, -0.2) is 0 Å². The van der Waals surface area contributed by atoms with Gasteiger partial charge in [0.05, 0.1) is 19.2 Å². The SMILES string of the molecule is CCCCCC(=O)N(C)CC(=O)NCC(=O)N[C@H](C(=O)N[C@@H](C(=O)N[C@H](C(=O)N[C@@H](CCC)C(=O)N[C@H](C(=O)N[C@@H](CCCN=C(N)N)C(=O)N1CCC[C@H]1C(=O)NCC)[C@@H](C)CC)[C@@H](C)O)[C@@H](C)CC)C(C)C. The van der Waals surface area contributed by atoms with Gasteiger partial charge in [0.15, 0.2) is 5.96 Å². The van der Waals surface area contributed by atoms with Crippen molar-refractivity contribution in [2.75, 3.05) is 39.8 Å². The Morgan fingerprint density at radius 2 is 1.20 bits per heavy atom. The molecule has 1 fully saturated rings. The van der Waals surface area contributed by atoms with Gasteiger partial charge in [-0.15, -0.1) is 0 Å². The van der Waals surface area contributed by atoms with Crippen LogP contribution >= 0.6 is 0 Å². The number of likely N-dealkylation sites (tertiary alicyclic amines) is 1. The molecule has 0 aliphatic carbocycles. The van der Waals surface area contributed by atoms with Crippen LogP contribution in [0.5, 0.6) is 0 Å². The summed E-state index contributed by atoms with van der Waals surface area (Å²) in [4.78, 5) is 142. The van der Waals surface area contributed by atoms with E-state index in [0.717, 1.165) is 12.8 Å². The highest BCUT2D eigenvalue weighted by Gasteiger charge is 2.40. The monoisotopic (exact) mass is 1050 g/mol. The zero-order valence-corrected chi connectivity index (χ0v) is 45.9. The number of aliphatic hydroxyl groups excluding tert-OH is 1. The molecule has 0 spiro atoms. The van der Waals surface area contributed by atoms with Crippen molar-refractivity contribution in [3.05, 3.63) is 0 Å². The molecule has 0 aromatic carbocycles. The molecule has 10 atom stereocenters. The molecule has 0 radical (unpaired) electrons. The molecule has 1 saturated heterocycles. The molecule has 74 heavy (non-hydrogen) atoms. The van der Waals surface area contributed by atoms with Crippen molar-refractivity contribution in [3.8, 4) is 0 Å². The number of rotatable bonds is 34. The number of unbranched alkanes of at least 4 members (excludes halogenated alkanes) is 2. The van der Waals surface area contributed by atoms with Gasteiger partial charge in [0, 0.05) is 33.1 Å². The summed E-state index contributed by atoms with van der Waals surface area (Å²) < 4.78 is 0. The summed E-state index contributed by atoms with van der Waals surface area (Å²) in [5.74, 6) is -7.75. The molecule has 0 bridgehead atoms. The van der Waals surface area contributed by atoms with E-state index in [1.807, 2.05) is 13.8 Å². The van der Waals surface area contributed by atoms with Gasteiger partial charge in [-0.2, -0.15) is 0 Å². The Morgan fingerprint density at radius 3 is 1.74 bits per heavy atom. The van der Waals surface area contributed by atoms with Gasteiger partial charge in [-0.05, 0) is 70.1 Å². The van der Waals surface area contributed by atoms with E-state index in [2.05, 4.69) is 47.5 Å². The molecule has 1 rings (SSSR count). The van der Waals surface area contributed by atoms with Crippen molar-refractivity contribution in [1.29, 1.82) is 0 Å². The molecule has 1 heterocycles. The normalized spacial score (nSPS) is 16.8. The lowest BCUT2D eigenvalue weighted by Crippen LogP contribution is -2.63. The number of carbonyl (C=O) groups is 10. The maximum Gasteiger partial charge on any atom is 0.245 e. The maximum absolute atomic E-state index is 14.2. The molecule has 24 nitrogen and oxygen atoms in total. The van der Waals surface area contributed by atoms with E-state index in [-0.39, 0.29) is 43.7 Å². The molecular formula is C50H91N13O11. The minimum Gasteiger partial charge on any atom is -0.391 e. The number of hydrogen-bond acceptors (Lipinski definition) is 12. The third-order valence-corrected chi connectivity index (χ3v) is 13.1. The lowest BCUT2D eigenvalue weighted by molar-refractivity contribution is -0.142. The van der Waals surface area contributed by atoms with E-state index in [1.165, 1.54) is 23.8 Å². The van der Waals surface area contributed by atoms with Crippen molar-refractivity contribution in [2.24, 2.45) is 34.2 Å². The van der Waals surface area contributed by atoms with E-state index in [9.17, 15) is 53.1 Å². The largest absolute Gasteiger partial charge is 0.391 e. The standard InChI is InChI=1S/C50H91N13O11/c1-12-17-18-24-38(67)62(11)28-37(66)55-27-36(65)58-39(29(6)7)45(70)60-41(31(9)15-4)47(72)61-42(32(10)64)48(73)56-33(21-13-2)43(68)59-40(30(8)14-3)46(71)57-34(22-19-25-54-50(51)52)49(74)63-26-20-23-35(63)44(69)53-16-5/h29-35,39-42,64H,12-28H2,1-11H3,(H,53,69)(H,55,66)(H,56,73)(H,57,71)(H,58,65)(H,59,68)(H,60,70)(H,61,72)(H4,51,52,54)/t30-,31-,32+,33-,34-,35-,39-,40-,41+,42-/m0/s1. The Hall–Kier alpha value is -6.07. The molecule has 422 valence electrons. The van der Waals surface area contributed by atoms with Gasteiger partial charge in [0.2, 0.25) is 59.1 Å². The summed E-state index contributed by atoms with van der Waals surface area (Å²) in [6.45, 7) is 17.3. The van der Waals surface area contributed by atoms with Crippen LogP contribution in [0.3, 0.4) is 0 Å². The number of nitrogens with one attached hydrogen (secondary N) is 8. The maximum atomic E-state index is 14.2. The number of nitrogens with two attached hydrogens (primary N) is 2. The average molecular weight is 1050 g/mol. The number of aliphatic imine (C=N–C) groups is 1. The van der Waals surface area contributed by atoms with Gasteiger partial charge in [0.25, 0.3) is 0 Å². The van der Waals surface area contributed by atoms with Crippen LogP contribution < -0.4 is 54.0 Å². The molecule has 0 aromatic heterocycles. The number of amides is 10. The quantitative estimate of drug-likeness (QED) is 0.0213. The zero-order chi connectivity index (χ0) is 56.2. The Balaban J connectivity index is 3.25. The smallest absolute Gasteiger partial charge is 0.245 e. The number of carbonyl (C=O) groups excluding carboxylic acids is 10. The average Bonchev–Trinajstić information content (AvgIpc) is 3.85. The summed E-state index contributed by atoms with van der Waals surface area (Å²) in [5, 5.41) is 32.1. The predicted octanol–water partition coefficient (Wildman–Crippen LogP) is -0.840. The van der Waals surface area contributed by atoms with Crippen LogP contribution in [0.15, 0.2) is 4.99 Å². The second-order valence-corrected chi connectivity index (χ2v) is 19.7. The molecular weight excluding hydrogens is 959 g/mol. The Kier molecular flexibility index (Phi) is 30.7. The van der Waals surface area contributed by atoms with Crippen LogP contribution in [0, 0.1) is 17.8 Å². The number of aliphatic hydroxyl groups is 1. The first-order valence-corrected chi connectivity index (χ1v) is 26.5. The van der Waals surface area contributed by atoms with Gasteiger partial charge in [-0.3, -0.25) is 52.9 Å². The molecule has 13 N–H and O–H groups in total. The molecule has 0 saturated carbocycles. The molecule has 10 amide bonds. The third kappa shape index (κ3) is 22.6. The number of guanidine groups is 1. The fourth-order valence-electron chi connectivity index (χ4n) is 8.20. The number of hydrogen-bond donors (Lipinski definition) is 11. The van der Waals surface area contributed by atoms with Crippen molar-refractivity contribution in [3.63, 3.8) is 0 Å². The van der Waals surface area contributed by atoms with Gasteiger partial charge >= 0.3 is 0 Å². The van der Waals surface area contributed by atoms with Crippen molar-refractivity contribution in [2.45, 2.75) is 195 Å². The Morgan fingerprint density at radius 1 is 0.649 bits per heavy atom. The van der Waals surface area contributed by atoms with E-state index >= 15 is 0 Å². The highest BCUT2D eigenvalue weighted by Crippen LogP contribution is 2.21. The highest BCUT2D eigenvalue weighted by molar-refractivity contribution is 5.98. The van der Waals surface area contributed by atoms with Crippen molar-refractivity contribution in [1.82, 2.24) is 52.3 Å². The Bertz CT molecular complexity index is 1900. The van der Waals surface area contributed by atoms with Crippen molar-refractivity contribution >= 4 is 65.0 Å². The first kappa shape index (κ1) is 65.9. The summed E-state index contributed by atoms with van der Waals surface area (Å²) in [6, 6.07) is -8.32. The molecule has 24 heteroatoms. The van der Waals surface area contributed by atoms with Crippen LogP contribution in [0.2, 0.25) is 0 Å².